The fourth-order valence-electron chi connectivity index (χ4n) is 3.22. The normalized spacial score (nSPS) is 15.3. The number of ether oxygens (including phenoxy) is 1. The zero-order chi connectivity index (χ0) is 17.9. The third-order valence-electron chi connectivity index (χ3n) is 4.72. The van der Waals surface area contributed by atoms with Gasteiger partial charge in [-0.2, -0.15) is 0 Å². The van der Waals surface area contributed by atoms with Crippen LogP contribution in [0.4, 0.5) is 4.79 Å². The van der Waals surface area contributed by atoms with Gasteiger partial charge in [-0.1, -0.05) is 30.3 Å². The maximum atomic E-state index is 12.2. The van der Waals surface area contributed by atoms with Gasteiger partial charge in [0.25, 0.3) is 0 Å². The molecule has 1 aliphatic heterocycles. The topological polar surface area (TPSA) is 68.5 Å². The summed E-state index contributed by atoms with van der Waals surface area (Å²) in [5, 5.41) is 0. The number of likely N-dealkylation sites (tertiary alicyclic amines) is 1. The number of aryl methyl sites for hydroxylation is 1. The van der Waals surface area contributed by atoms with Gasteiger partial charge in [-0.25, -0.2) is 14.8 Å². The third-order valence-corrected chi connectivity index (χ3v) is 4.72. The second-order valence-electron chi connectivity index (χ2n) is 6.63. The Hall–Kier alpha value is -2.89. The molecule has 3 heterocycles. The molecule has 3 aromatic rings. The SMILES string of the molecule is Cc1ccc2nc(C3CCN(C(=O)OCc4ccccc4)CC3)oc2n1. The first-order valence-corrected chi connectivity index (χ1v) is 8.89. The summed E-state index contributed by atoms with van der Waals surface area (Å²) in [6, 6.07) is 13.6. The van der Waals surface area contributed by atoms with E-state index >= 15 is 0 Å². The van der Waals surface area contributed by atoms with Crippen LogP contribution in [0.1, 0.15) is 35.9 Å². The molecule has 0 unspecified atom stereocenters. The molecule has 2 aromatic heterocycles. The minimum Gasteiger partial charge on any atom is -0.445 e. The van der Waals surface area contributed by atoms with Crippen molar-refractivity contribution in [3.8, 4) is 0 Å². The van der Waals surface area contributed by atoms with Gasteiger partial charge in [0.1, 0.15) is 12.1 Å². The molecule has 1 aliphatic rings. The van der Waals surface area contributed by atoms with Gasteiger partial charge in [0.05, 0.1) is 0 Å². The van der Waals surface area contributed by atoms with E-state index in [1.54, 1.807) is 4.90 Å². The number of rotatable bonds is 3. The number of piperidine rings is 1. The minimum absolute atomic E-state index is 0.211. The number of fused-ring (bicyclic) bond motifs is 1. The number of nitrogens with zero attached hydrogens (tertiary/aromatic N) is 3. The lowest BCUT2D eigenvalue weighted by molar-refractivity contribution is 0.0857. The number of carbonyl (C=O) groups is 1. The number of amides is 1. The van der Waals surface area contributed by atoms with E-state index in [4.69, 9.17) is 9.15 Å². The van der Waals surface area contributed by atoms with E-state index in [1.165, 1.54) is 0 Å². The molecule has 134 valence electrons. The lowest BCUT2D eigenvalue weighted by Gasteiger charge is -2.29. The van der Waals surface area contributed by atoms with Crippen LogP contribution in [0.5, 0.6) is 0 Å². The fraction of sp³-hybridized carbons (Fsp3) is 0.350. The Labute approximate surface area is 151 Å². The van der Waals surface area contributed by atoms with Crippen molar-refractivity contribution in [1.29, 1.82) is 0 Å². The number of benzene rings is 1. The molecule has 1 fully saturated rings. The number of carbonyl (C=O) groups excluding carboxylic acids is 1. The maximum absolute atomic E-state index is 12.2. The highest BCUT2D eigenvalue weighted by molar-refractivity contribution is 5.68. The molecule has 6 heteroatoms. The molecule has 1 amide bonds. The lowest BCUT2D eigenvalue weighted by atomic mass is 9.97. The summed E-state index contributed by atoms with van der Waals surface area (Å²) in [4.78, 5) is 22.9. The van der Waals surface area contributed by atoms with Crippen molar-refractivity contribution in [1.82, 2.24) is 14.9 Å². The monoisotopic (exact) mass is 351 g/mol. The molecule has 4 rings (SSSR count). The van der Waals surface area contributed by atoms with Crippen LogP contribution in [-0.2, 0) is 11.3 Å². The maximum Gasteiger partial charge on any atom is 0.410 e. The van der Waals surface area contributed by atoms with Gasteiger partial charge in [-0.15, -0.1) is 0 Å². The van der Waals surface area contributed by atoms with Crippen molar-refractivity contribution < 1.29 is 13.9 Å². The van der Waals surface area contributed by atoms with Crippen molar-refractivity contribution in [2.75, 3.05) is 13.1 Å². The minimum atomic E-state index is -0.262. The Morgan fingerprint density at radius 3 is 2.69 bits per heavy atom. The molecular formula is C20H21N3O3. The van der Waals surface area contributed by atoms with E-state index in [0.717, 1.165) is 35.5 Å². The summed E-state index contributed by atoms with van der Waals surface area (Å²) < 4.78 is 11.2. The van der Waals surface area contributed by atoms with E-state index in [0.29, 0.717) is 25.4 Å². The summed E-state index contributed by atoms with van der Waals surface area (Å²) >= 11 is 0. The predicted octanol–water partition coefficient (Wildman–Crippen LogP) is 4.05. The summed E-state index contributed by atoms with van der Waals surface area (Å²) in [7, 11) is 0. The van der Waals surface area contributed by atoms with Crippen LogP contribution >= 0.6 is 0 Å². The van der Waals surface area contributed by atoms with Crippen LogP contribution in [0.15, 0.2) is 46.9 Å². The molecular weight excluding hydrogens is 330 g/mol. The first kappa shape index (κ1) is 16.6. The number of hydrogen-bond donors (Lipinski definition) is 0. The molecule has 6 nitrogen and oxygen atoms in total. The second kappa shape index (κ2) is 7.15. The Morgan fingerprint density at radius 1 is 1.15 bits per heavy atom. The highest BCUT2D eigenvalue weighted by Crippen LogP contribution is 2.29. The first-order chi connectivity index (χ1) is 12.7. The molecule has 0 spiro atoms. The number of oxazole rings is 1. The smallest absolute Gasteiger partial charge is 0.410 e. The standard InChI is InChI=1S/C20H21N3O3/c1-14-7-8-17-19(21-14)26-18(22-17)16-9-11-23(12-10-16)20(24)25-13-15-5-3-2-4-6-15/h2-8,16H,9-13H2,1H3. The Bertz CT molecular complexity index is 899. The highest BCUT2D eigenvalue weighted by atomic mass is 16.6. The summed E-state index contributed by atoms with van der Waals surface area (Å²) in [5.74, 6) is 0.929. The van der Waals surface area contributed by atoms with E-state index in [-0.39, 0.29) is 12.0 Å². The van der Waals surface area contributed by atoms with Crippen LogP contribution in [0.25, 0.3) is 11.2 Å². The summed E-state index contributed by atoms with van der Waals surface area (Å²) in [6.45, 7) is 3.52. The van der Waals surface area contributed by atoms with Gasteiger partial charge in [0.2, 0.25) is 11.6 Å². The number of aromatic nitrogens is 2. The molecule has 0 saturated carbocycles. The number of pyridine rings is 1. The molecule has 0 radical (unpaired) electrons. The molecule has 0 N–H and O–H groups in total. The van der Waals surface area contributed by atoms with Crippen molar-refractivity contribution in [2.24, 2.45) is 0 Å². The Balaban J connectivity index is 1.33. The van der Waals surface area contributed by atoms with E-state index in [1.807, 2.05) is 49.4 Å². The van der Waals surface area contributed by atoms with E-state index < -0.39 is 0 Å². The predicted molar refractivity (Wildman–Crippen MR) is 96.7 cm³/mol. The highest BCUT2D eigenvalue weighted by Gasteiger charge is 2.28. The van der Waals surface area contributed by atoms with Crippen LogP contribution < -0.4 is 0 Å². The molecule has 26 heavy (non-hydrogen) atoms. The summed E-state index contributed by atoms with van der Waals surface area (Å²) in [5.41, 5.74) is 3.28. The van der Waals surface area contributed by atoms with Gasteiger partial charge < -0.3 is 14.1 Å². The second-order valence-corrected chi connectivity index (χ2v) is 6.63. The van der Waals surface area contributed by atoms with Gasteiger partial charge in [-0.05, 0) is 37.5 Å². The van der Waals surface area contributed by atoms with Gasteiger partial charge in [-0.3, -0.25) is 0 Å². The Kier molecular flexibility index (Phi) is 4.56. The van der Waals surface area contributed by atoms with Crippen molar-refractivity contribution >= 4 is 17.3 Å². The molecule has 0 aliphatic carbocycles. The Morgan fingerprint density at radius 2 is 1.92 bits per heavy atom. The van der Waals surface area contributed by atoms with Gasteiger partial charge >= 0.3 is 6.09 Å². The fourth-order valence-corrected chi connectivity index (χ4v) is 3.22. The zero-order valence-corrected chi connectivity index (χ0v) is 14.7. The van der Waals surface area contributed by atoms with Crippen LogP contribution in [0, 0.1) is 6.92 Å². The molecule has 0 bridgehead atoms. The van der Waals surface area contributed by atoms with E-state index in [2.05, 4.69) is 9.97 Å². The molecule has 1 saturated heterocycles. The van der Waals surface area contributed by atoms with E-state index in [9.17, 15) is 4.79 Å². The largest absolute Gasteiger partial charge is 0.445 e. The van der Waals surface area contributed by atoms with Crippen molar-refractivity contribution in [3.63, 3.8) is 0 Å². The van der Waals surface area contributed by atoms with Gasteiger partial charge in [0, 0.05) is 24.7 Å². The van der Waals surface area contributed by atoms with Gasteiger partial charge in [0.15, 0.2) is 0 Å². The zero-order valence-electron chi connectivity index (χ0n) is 14.7. The van der Waals surface area contributed by atoms with Crippen molar-refractivity contribution in [2.45, 2.75) is 32.3 Å². The lowest BCUT2D eigenvalue weighted by Crippen LogP contribution is -2.38. The third kappa shape index (κ3) is 3.54. The molecule has 0 atom stereocenters. The first-order valence-electron chi connectivity index (χ1n) is 8.89. The summed E-state index contributed by atoms with van der Waals surface area (Å²) in [6.07, 6.45) is 1.36. The van der Waals surface area contributed by atoms with Crippen LogP contribution in [0.3, 0.4) is 0 Å². The average Bonchev–Trinajstić information content (AvgIpc) is 3.10. The van der Waals surface area contributed by atoms with Crippen LogP contribution in [-0.4, -0.2) is 34.1 Å². The quantitative estimate of drug-likeness (QED) is 0.712. The average molecular weight is 351 g/mol. The number of hydrogen-bond acceptors (Lipinski definition) is 5. The molecule has 1 aromatic carbocycles. The van der Waals surface area contributed by atoms with Crippen molar-refractivity contribution in [3.05, 3.63) is 59.6 Å². The van der Waals surface area contributed by atoms with Crippen LogP contribution in [0.2, 0.25) is 0 Å².